The maximum atomic E-state index is 13.4. The molecule has 1 N–H and O–H groups in total. The Kier molecular flexibility index (Phi) is 4.31. The third-order valence-electron chi connectivity index (χ3n) is 3.43. The molecule has 3 nitrogen and oxygen atoms in total. The van der Waals surface area contributed by atoms with Crippen LogP contribution in [0.25, 0.3) is 0 Å². The standard InChI is InChI=1S/C14H17FO3/c15-13-8-11(4-5-12(13)14(16)17)9-18-7-6-10-2-1-3-10/h4-5,8,10H,1-3,6-7,9H2,(H,16,17). The van der Waals surface area contributed by atoms with Gasteiger partial charge in [0.05, 0.1) is 12.2 Å². The van der Waals surface area contributed by atoms with Gasteiger partial charge in [-0.05, 0) is 30.0 Å². The summed E-state index contributed by atoms with van der Waals surface area (Å²) in [5.74, 6) is -1.15. The Bertz CT molecular complexity index is 427. The van der Waals surface area contributed by atoms with E-state index in [0.717, 1.165) is 12.3 Å². The van der Waals surface area contributed by atoms with Crippen LogP contribution in [0.5, 0.6) is 0 Å². The fraction of sp³-hybridized carbons (Fsp3) is 0.500. The lowest BCUT2D eigenvalue weighted by molar-refractivity contribution is 0.0691. The summed E-state index contributed by atoms with van der Waals surface area (Å²) in [7, 11) is 0. The highest BCUT2D eigenvalue weighted by Gasteiger charge is 2.16. The summed E-state index contributed by atoms with van der Waals surface area (Å²) in [5.41, 5.74) is 0.374. The van der Waals surface area contributed by atoms with Crippen LogP contribution in [0.4, 0.5) is 4.39 Å². The molecular weight excluding hydrogens is 235 g/mol. The number of hydrogen-bond acceptors (Lipinski definition) is 2. The van der Waals surface area contributed by atoms with Gasteiger partial charge in [-0.1, -0.05) is 25.3 Å². The van der Waals surface area contributed by atoms with E-state index < -0.39 is 11.8 Å². The van der Waals surface area contributed by atoms with Gasteiger partial charge in [0.25, 0.3) is 0 Å². The fourth-order valence-electron chi connectivity index (χ4n) is 2.04. The summed E-state index contributed by atoms with van der Waals surface area (Å²) in [6.45, 7) is 1.02. The molecule has 0 unspecified atom stereocenters. The van der Waals surface area contributed by atoms with Gasteiger partial charge in [0.15, 0.2) is 0 Å². The number of carbonyl (C=O) groups is 1. The van der Waals surface area contributed by atoms with Crippen molar-refractivity contribution in [1.29, 1.82) is 0 Å². The van der Waals surface area contributed by atoms with Crippen LogP contribution in [0.3, 0.4) is 0 Å². The molecule has 2 rings (SSSR count). The summed E-state index contributed by atoms with van der Waals surface area (Å²) in [6.07, 6.45) is 4.98. The normalized spacial score (nSPS) is 15.4. The molecule has 0 amide bonds. The molecule has 18 heavy (non-hydrogen) atoms. The molecule has 1 fully saturated rings. The number of carboxylic acids is 1. The van der Waals surface area contributed by atoms with E-state index in [0.29, 0.717) is 18.8 Å². The molecule has 0 radical (unpaired) electrons. The summed E-state index contributed by atoms with van der Waals surface area (Å²) in [6, 6.07) is 4.10. The largest absolute Gasteiger partial charge is 0.478 e. The van der Waals surface area contributed by atoms with E-state index in [1.807, 2.05) is 0 Å². The minimum absolute atomic E-state index is 0.298. The van der Waals surface area contributed by atoms with E-state index in [9.17, 15) is 9.18 Å². The Morgan fingerprint density at radius 2 is 2.22 bits per heavy atom. The molecular formula is C14H17FO3. The molecule has 1 saturated carbocycles. The molecule has 0 atom stereocenters. The summed E-state index contributed by atoms with van der Waals surface area (Å²) >= 11 is 0. The number of benzene rings is 1. The van der Waals surface area contributed by atoms with Gasteiger partial charge in [0, 0.05) is 6.61 Å². The zero-order chi connectivity index (χ0) is 13.0. The zero-order valence-electron chi connectivity index (χ0n) is 10.2. The van der Waals surface area contributed by atoms with Crippen LogP contribution < -0.4 is 0 Å². The number of rotatable bonds is 6. The molecule has 0 aromatic heterocycles. The van der Waals surface area contributed by atoms with Gasteiger partial charge >= 0.3 is 5.97 Å². The van der Waals surface area contributed by atoms with Crippen LogP contribution in [0.2, 0.25) is 0 Å². The second-order valence-electron chi connectivity index (χ2n) is 4.76. The van der Waals surface area contributed by atoms with Gasteiger partial charge in [0.1, 0.15) is 5.82 Å². The minimum Gasteiger partial charge on any atom is -0.478 e. The monoisotopic (exact) mass is 252 g/mol. The van der Waals surface area contributed by atoms with Crippen molar-refractivity contribution in [2.45, 2.75) is 32.3 Å². The van der Waals surface area contributed by atoms with Crippen LogP contribution in [0.15, 0.2) is 18.2 Å². The van der Waals surface area contributed by atoms with Crippen LogP contribution in [0, 0.1) is 11.7 Å². The third-order valence-corrected chi connectivity index (χ3v) is 3.43. The van der Waals surface area contributed by atoms with E-state index in [4.69, 9.17) is 9.84 Å². The van der Waals surface area contributed by atoms with Crippen molar-refractivity contribution in [3.63, 3.8) is 0 Å². The Morgan fingerprint density at radius 3 is 2.78 bits per heavy atom. The molecule has 1 aromatic rings. The first-order valence-electron chi connectivity index (χ1n) is 6.26. The Hall–Kier alpha value is -1.42. The molecule has 0 spiro atoms. The second-order valence-corrected chi connectivity index (χ2v) is 4.76. The molecule has 0 bridgehead atoms. The number of aromatic carboxylic acids is 1. The highest BCUT2D eigenvalue weighted by Crippen LogP contribution is 2.29. The minimum atomic E-state index is -1.25. The van der Waals surface area contributed by atoms with Crippen LogP contribution >= 0.6 is 0 Å². The number of hydrogen-bond donors (Lipinski definition) is 1. The van der Waals surface area contributed by atoms with E-state index in [1.165, 1.54) is 31.4 Å². The van der Waals surface area contributed by atoms with Crippen LogP contribution in [-0.4, -0.2) is 17.7 Å². The van der Waals surface area contributed by atoms with E-state index in [2.05, 4.69) is 0 Å². The van der Waals surface area contributed by atoms with Crippen molar-refractivity contribution in [3.05, 3.63) is 35.1 Å². The van der Waals surface area contributed by atoms with Crippen molar-refractivity contribution in [1.82, 2.24) is 0 Å². The third kappa shape index (κ3) is 3.29. The molecule has 0 saturated heterocycles. The maximum Gasteiger partial charge on any atom is 0.338 e. The predicted octanol–water partition coefficient (Wildman–Crippen LogP) is 3.23. The van der Waals surface area contributed by atoms with Gasteiger partial charge in [-0.2, -0.15) is 0 Å². The predicted molar refractivity (Wildman–Crippen MR) is 65.0 cm³/mol. The maximum absolute atomic E-state index is 13.4. The number of halogens is 1. The van der Waals surface area contributed by atoms with Crippen molar-refractivity contribution in [3.8, 4) is 0 Å². The van der Waals surface area contributed by atoms with E-state index in [-0.39, 0.29) is 5.56 Å². The van der Waals surface area contributed by atoms with Crippen molar-refractivity contribution in [2.24, 2.45) is 5.92 Å². The van der Waals surface area contributed by atoms with Crippen molar-refractivity contribution in [2.75, 3.05) is 6.61 Å². The average molecular weight is 252 g/mol. The smallest absolute Gasteiger partial charge is 0.338 e. The first-order chi connectivity index (χ1) is 8.66. The summed E-state index contributed by atoms with van der Waals surface area (Å²) < 4.78 is 18.8. The van der Waals surface area contributed by atoms with Gasteiger partial charge in [0.2, 0.25) is 0 Å². The molecule has 0 aliphatic heterocycles. The van der Waals surface area contributed by atoms with E-state index >= 15 is 0 Å². The molecule has 1 aromatic carbocycles. The molecule has 1 aliphatic rings. The quantitative estimate of drug-likeness (QED) is 0.791. The topological polar surface area (TPSA) is 46.5 Å². The summed E-state index contributed by atoms with van der Waals surface area (Å²) in [5, 5.41) is 8.69. The highest BCUT2D eigenvalue weighted by atomic mass is 19.1. The second kappa shape index (κ2) is 5.96. The van der Waals surface area contributed by atoms with Gasteiger partial charge in [-0.15, -0.1) is 0 Å². The lowest BCUT2D eigenvalue weighted by atomic mass is 9.83. The Balaban J connectivity index is 1.78. The molecule has 98 valence electrons. The van der Waals surface area contributed by atoms with E-state index in [1.54, 1.807) is 6.07 Å². The summed E-state index contributed by atoms with van der Waals surface area (Å²) in [4.78, 5) is 10.6. The fourth-order valence-corrected chi connectivity index (χ4v) is 2.04. The number of carboxylic acid groups (broad SMARTS) is 1. The van der Waals surface area contributed by atoms with Gasteiger partial charge in [-0.25, -0.2) is 9.18 Å². The SMILES string of the molecule is O=C(O)c1ccc(COCCC2CCC2)cc1F. The van der Waals surface area contributed by atoms with Crippen LogP contribution in [0.1, 0.15) is 41.6 Å². The van der Waals surface area contributed by atoms with Gasteiger partial charge in [-0.3, -0.25) is 0 Å². The zero-order valence-corrected chi connectivity index (χ0v) is 10.2. The Morgan fingerprint density at radius 1 is 1.44 bits per heavy atom. The average Bonchev–Trinajstić information content (AvgIpc) is 2.26. The van der Waals surface area contributed by atoms with Crippen molar-refractivity contribution >= 4 is 5.97 Å². The molecule has 0 heterocycles. The van der Waals surface area contributed by atoms with Crippen molar-refractivity contribution < 1.29 is 19.0 Å². The number of ether oxygens (including phenoxy) is 1. The first kappa shape index (κ1) is 13.0. The highest BCUT2D eigenvalue weighted by molar-refractivity contribution is 5.87. The molecule has 4 heteroatoms. The lowest BCUT2D eigenvalue weighted by Crippen LogP contribution is -2.13. The lowest BCUT2D eigenvalue weighted by Gasteiger charge is -2.24. The molecule has 1 aliphatic carbocycles. The Labute approximate surface area is 106 Å². The first-order valence-corrected chi connectivity index (χ1v) is 6.26. The van der Waals surface area contributed by atoms with Gasteiger partial charge < -0.3 is 9.84 Å². The van der Waals surface area contributed by atoms with Crippen LogP contribution in [-0.2, 0) is 11.3 Å².